The molecule has 7 atom stereocenters. The number of quaternary nitrogens is 1. The van der Waals surface area contributed by atoms with Crippen molar-refractivity contribution in [2.24, 2.45) is 23.5 Å². The summed E-state index contributed by atoms with van der Waals surface area (Å²) in [5.74, 6) is 0.930. The molecule has 4 rings (SSSR count). The highest BCUT2D eigenvalue weighted by Gasteiger charge is 2.60. The Morgan fingerprint density at radius 1 is 1.25 bits per heavy atom. The van der Waals surface area contributed by atoms with Crippen LogP contribution in [0.15, 0.2) is 11.6 Å². The van der Waals surface area contributed by atoms with Gasteiger partial charge in [-0.2, -0.15) is 0 Å². The lowest BCUT2D eigenvalue weighted by molar-refractivity contribution is -0.703. The van der Waals surface area contributed by atoms with Gasteiger partial charge in [0.25, 0.3) is 0 Å². The number of carbonyl (C=O) groups excluding carboxylic acids is 2. The molecule has 180 valence electrons. The van der Waals surface area contributed by atoms with Crippen LogP contribution >= 0.6 is 0 Å². The zero-order valence-electron chi connectivity index (χ0n) is 20.1. The van der Waals surface area contributed by atoms with E-state index in [4.69, 9.17) is 19.9 Å². The Labute approximate surface area is 191 Å². The van der Waals surface area contributed by atoms with Crippen LogP contribution in [0.3, 0.4) is 0 Å². The molecule has 6 unspecified atom stereocenters. The van der Waals surface area contributed by atoms with Gasteiger partial charge in [-0.1, -0.05) is 6.08 Å². The third kappa shape index (κ3) is 4.62. The molecule has 0 aromatic rings. The molecular formula is C25H41N2O5+. The normalized spacial score (nSPS) is 40.3. The fourth-order valence-electron chi connectivity index (χ4n) is 6.38. The first-order valence-corrected chi connectivity index (χ1v) is 12.4. The Bertz CT molecular complexity index is 757. The number of rotatable bonds is 5. The molecule has 1 aliphatic carbocycles. The third-order valence-electron chi connectivity index (χ3n) is 8.59. The molecule has 0 bridgehead atoms. The van der Waals surface area contributed by atoms with Crippen LogP contribution in [-0.4, -0.2) is 48.1 Å². The fraction of sp³-hybridized carbons (Fsp3) is 0.840. The Morgan fingerprint density at radius 3 is 2.72 bits per heavy atom. The predicted molar refractivity (Wildman–Crippen MR) is 119 cm³/mol. The SMILES string of the molecule is CC=C(C)C(=O)OC(C)(C)[C@@]1(CC2CCC(N)[NH2+]C2)CC2CC3CCC(=O)OC3CC2O1. The molecule has 3 aliphatic heterocycles. The quantitative estimate of drug-likeness (QED) is 0.492. The van der Waals surface area contributed by atoms with Crippen LogP contribution in [0.5, 0.6) is 0 Å². The lowest BCUT2D eigenvalue weighted by atomic mass is 9.69. The minimum Gasteiger partial charge on any atom is -0.462 e. The van der Waals surface area contributed by atoms with E-state index in [9.17, 15) is 9.59 Å². The van der Waals surface area contributed by atoms with Gasteiger partial charge >= 0.3 is 11.9 Å². The number of fused-ring (bicyclic) bond motifs is 2. The molecule has 7 heteroatoms. The Hall–Kier alpha value is -1.44. The molecule has 0 amide bonds. The first kappa shape index (κ1) is 23.7. The molecule has 4 aliphatic rings. The molecular weight excluding hydrogens is 408 g/mol. The maximum Gasteiger partial charge on any atom is 0.334 e. The summed E-state index contributed by atoms with van der Waals surface area (Å²) in [6.45, 7) is 8.64. The van der Waals surface area contributed by atoms with E-state index < -0.39 is 11.2 Å². The minimum atomic E-state index is -0.771. The number of esters is 2. The number of ether oxygens (including phenoxy) is 3. The van der Waals surface area contributed by atoms with Gasteiger partial charge < -0.3 is 19.5 Å². The van der Waals surface area contributed by atoms with Crippen LogP contribution in [0.1, 0.15) is 79.1 Å². The number of nitrogens with two attached hydrogens (primary N) is 2. The second-order valence-corrected chi connectivity index (χ2v) is 11.1. The molecule has 4 fully saturated rings. The Kier molecular flexibility index (Phi) is 6.72. The molecule has 4 N–H and O–H groups in total. The predicted octanol–water partition coefficient (Wildman–Crippen LogP) is 2.18. The molecule has 0 radical (unpaired) electrons. The van der Waals surface area contributed by atoms with Crippen molar-refractivity contribution in [1.82, 2.24) is 0 Å². The number of hydrogen-bond donors (Lipinski definition) is 2. The van der Waals surface area contributed by atoms with Crippen molar-refractivity contribution in [2.45, 2.75) is 109 Å². The molecule has 7 nitrogen and oxygen atoms in total. The summed E-state index contributed by atoms with van der Waals surface area (Å²) in [5.41, 5.74) is 5.40. The second-order valence-electron chi connectivity index (χ2n) is 11.1. The van der Waals surface area contributed by atoms with Gasteiger partial charge in [0.15, 0.2) is 0 Å². The van der Waals surface area contributed by atoms with Crippen molar-refractivity contribution in [3.63, 3.8) is 0 Å². The number of allylic oxidation sites excluding steroid dienone is 1. The van der Waals surface area contributed by atoms with Gasteiger partial charge in [0.2, 0.25) is 0 Å². The van der Waals surface area contributed by atoms with Crippen molar-refractivity contribution in [3.05, 3.63) is 11.6 Å². The molecule has 0 aromatic carbocycles. The number of carbonyl (C=O) groups is 2. The summed E-state index contributed by atoms with van der Waals surface area (Å²) in [4.78, 5) is 24.6. The van der Waals surface area contributed by atoms with Crippen LogP contribution in [0.2, 0.25) is 0 Å². The van der Waals surface area contributed by atoms with E-state index in [1.54, 1.807) is 13.0 Å². The van der Waals surface area contributed by atoms with Crippen LogP contribution in [-0.2, 0) is 23.8 Å². The zero-order chi connectivity index (χ0) is 23.1. The van der Waals surface area contributed by atoms with E-state index >= 15 is 0 Å². The second kappa shape index (κ2) is 9.07. The summed E-state index contributed by atoms with van der Waals surface area (Å²) in [7, 11) is 0. The van der Waals surface area contributed by atoms with Crippen LogP contribution in [0, 0.1) is 17.8 Å². The van der Waals surface area contributed by atoms with E-state index in [1.807, 2.05) is 20.8 Å². The van der Waals surface area contributed by atoms with Crippen molar-refractivity contribution in [1.29, 1.82) is 0 Å². The summed E-state index contributed by atoms with van der Waals surface area (Å²) in [6.07, 6.45) is 8.97. The first-order valence-electron chi connectivity index (χ1n) is 12.4. The van der Waals surface area contributed by atoms with E-state index in [-0.39, 0.29) is 30.3 Å². The van der Waals surface area contributed by atoms with Crippen LogP contribution < -0.4 is 11.1 Å². The minimum absolute atomic E-state index is 0.0368. The number of piperidine rings is 1. The van der Waals surface area contributed by atoms with Crippen molar-refractivity contribution in [3.8, 4) is 0 Å². The molecule has 0 spiro atoms. The topological polar surface area (TPSA) is 104 Å². The van der Waals surface area contributed by atoms with Crippen LogP contribution in [0.4, 0.5) is 0 Å². The van der Waals surface area contributed by atoms with E-state index in [0.717, 1.165) is 51.5 Å². The highest BCUT2D eigenvalue weighted by Crippen LogP contribution is 2.54. The highest BCUT2D eigenvalue weighted by molar-refractivity contribution is 5.88. The van der Waals surface area contributed by atoms with Gasteiger partial charge in [-0.25, -0.2) is 4.79 Å². The van der Waals surface area contributed by atoms with Gasteiger partial charge in [-0.15, -0.1) is 0 Å². The lowest BCUT2D eigenvalue weighted by Crippen LogP contribution is -2.95. The lowest BCUT2D eigenvalue weighted by Gasteiger charge is -2.45. The van der Waals surface area contributed by atoms with Gasteiger partial charge in [0.1, 0.15) is 23.5 Å². The van der Waals surface area contributed by atoms with E-state index in [1.165, 1.54) is 0 Å². The molecule has 3 saturated heterocycles. The smallest absolute Gasteiger partial charge is 0.334 e. The molecule has 32 heavy (non-hydrogen) atoms. The average molecular weight is 450 g/mol. The molecule has 1 saturated carbocycles. The van der Waals surface area contributed by atoms with Gasteiger partial charge in [0, 0.05) is 30.8 Å². The third-order valence-corrected chi connectivity index (χ3v) is 8.59. The summed E-state index contributed by atoms with van der Waals surface area (Å²) >= 11 is 0. The van der Waals surface area contributed by atoms with Crippen molar-refractivity contribution >= 4 is 11.9 Å². The van der Waals surface area contributed by atoms with Gasteiger partial charge in [-0.05, 0) is 71.6 Å². The average Bonchev–Trinajstić information content (AvgIpc) is 3.11. The van der Waals surface area contributed by atoms with Gasteiger partial charge in [0.05, 0.1) is 12.6 Å². The largest absolute Gasteiger partial charge is 0.462 e. The molecule has 3 heterocycles. The standard InChI is InChI=1S/C25H40N2O5/c1-5-15(2)23(29)32-24(3,4)25(12-16-6-8-21(26)27-14-16)13-18-10-17-7-9-22(28)30-19(17)11-20(18)31-25/h5,16-21,27H,6-14,26H2,1-4H3/p+1/t16?,17?,18?,19?,20?,21?,25-/m1/s1. The summed E-state index contributed by atoms with van der Waals surface area (Å²) in [6, 6.07) is 0. The van der Waals surface area contributed by atoms with E-state index in [0.29, 0.717) is 29.7 Å². The monoisotopic (exact) mass is 449 g/mol. The Morgan fingerprint density at radius 2 is 2.03 bits per heavy atom. The van der Waals surface area contributed by atoms with Crippen molar-refractivity contribution in [2.75, 3.05) is 6.54 Å². The number of hydrogen-bond acceptors (Lipinski definition) is 6. The summed E-state index contributed by atoms with van der Waals surface area (Å²) in [5, 5.41) is 2.22. The fourth-order valence-corrected chi connectivity index (χ4v) is 6.38. The van der Waals surface area contributed by atoms with Gasteiger partial charge in [-0.3, -0.25) is 10.5 Å². The summed E-state index contributed by atoms with van der Waals surface area (Å²) < 4.78 is 18.7. The molecule has 0 aromatic heterocycles. The Balaban J connectivity index is 1.57. The van der Waals surface area contributed by atoms with Crippen molar-refractivity contribution < 1.29 is 29.1 Å². The maximum absolute atomic E-state index is 12.8. The zero-order valence-corrected chi connectivity index (χ0v) is 20.1. The maximum atomic E-state index is 12.8. The van der Waals surface area contributed by atoms with E-state index in [2.05, 4.69) is 5.32 Å². The first-order chi connectivity index (χ1) is 15.1. The van der Waals surface area contributed by atoms with Crippen LogP contribution in [0.25, 0.3) is 0 Å². The highest BCUT2D eigenvalue weighted by atomic mass is 16.6.